The Bertz CT molecular complexity index is 311. The zero-order valence-electron chi connectivity index (χ0n) is 6.85. The number of hydrogen-bond donors (Lipinski definition) is 1. The van der Waals surface area contributed by atoms with E-state index in [4.69, 9.17) is 5.73 Å². The van der Waals surface area contributed by atoms with Crippen molar-refractivity contribution in [1.29, 1.82) is 0 Å². The van der Waals surface area contributed by atoms with Crippen molar-refractivity contribution in [2.24, 2.45) is 5.73 Å². The quantitative estimate of drug-likeness (QED) is 0.590. The van der Waals surface area contributed by atoms with Crippen LogP contribution < -0.4 is 5.73 Å². The number of primary amides is 1. The van der Waals surface area contributed by atoms with E-state index in [1.807, 2.05) is 5.38 Å². The molecule has 0 aliphatic carbocycles. The number of carbonyl (C=O) groups is 1. The molecule has 1 heterocycles. The van der Waals surface area contributed by atoms with Gasteiger partial charge in [0.1, 0.15) is 0 Å². The van der Waals surface area contributed by atoms with E-state index in [9.17, 15) is 4.79 Å². The Morgan fingerprint density at radius 3 is 2.69 bits per heavy atom. The monoisotopic (exact) mass is 421 g/mol. The van der Waals surface area contributed by atoms with Crippen LogP contribution in [-0.2, 0) is 10.8 Å². The zero-order valence-corrected chi connectivity index (χ0v) is 12.0. The third-order valence-electron chi connectivity index (χ3n) is 1.71. The Balaban J connectivity index is 3.06. The van der Waals surface area contributed by atoms with Gasteiger partial charge in [0.2, 0.25) is 5.91 Å². The van der Waals surface area contributed by atoms with Crippen LogP contribution >= 0.6 is 56.5 Å². The van der Waals surface area contributed by atoms with Gasteiger partial charge in [-0.15, -0.1) is 11.3 Å². The molecule has 2 N–H and O–H groups in total. The molecule has 1 aromatic rings. The molecular formula is C8H9I2NOS. The number of hydrogen-bond acceptors (Lipinski definition) is 2. The maximum Gasteiger partial charge on any atom is 0.249 e. The molecule has 0 radical (unpaired) electrons. The van der Waals surface area contributed by atoms with Gasteiger partial charge in [0, 0.05) is 19.1 Å². The van der Waals surface area contributed by atoms with Crippen LogP contribution in [0.1, 0.15) is 20.8 Å². The summed E-state index contributed by atoms with van der Waals surface area (Å²) in [4.78, 5) is 12.3. The maximum absolute atomic E-state index is 11.0. The maximum atomic E-state index is 11.0. The SMILES string of the molecule is NC(=O)c1csc(CI)c1CCI. The summed E-state index contributed by atoms with van der Waals surface area (Å²) in [7, 11) is 0. The molecule has 0 atom stereocenters. The normalized spacial score (nSPS) is 10.3. The molecule has 0 aromatic carbocycles. The van der Waals surface area contributed by atoms with Gasteiger partial charge in [-0.25, -0.2) is 0 Å². The van der Waals surface area contributed by atoms with Crippen molar-refractivity contribution in [3.05, 3.63) is 21.4 Å². The minimum absolute atomic E-state index is 0.299. The van der Waals surface area contributed by atoms with Crippen molar-refractivity contribution in [2.45, 2.75) is 10.8 Å². The fourth-order valence-corrected chi connectivity index (χ4v) is 3.58. The molecule has 5 heteroatoms. The van der Waals surface area contributed by atoms with Crippen LogP contribution in [0.2, 0.25) is 0 Å². The van der Waals surface area contributed by atoms with E-state index in [2.05, 4.69) is 45.2 Å². The number of rotatable bonds is 4. The lowest BCUT2D eigenvalue weighted by atomic mass is 10.1. The fraction of sp³-hybridized carbons (Fsp3) is 0.375. The molecule has 0 fully saturated rings. The van der Waals surface area contributed by atoms with E-state index < -0.39 is 0 Å². The highest BCUT2D eigenvalue weighted by atomic mass is 127. The zero-order chi connectivity index (χ0) is 9.84. The minimum atomic E-state index is -0.299. The number of thiophene rings is 1. The molecule has 1 rings (SSSR count). The van der Waals surface area contributed by atoms with Gasteiger partial charge in [-0.05, 0) is 12.0 Å². The average molecular weight is 421 g/mol. The van der Waals surface area contributed by atoms with Crippen molar-refractivity contribution in [3.63, 3.8) is 0 Å². The van der Waals surface area contributed by atoms with Gasteiger partial charge in [0.05, 0.1) is 5.56 Å². The highest BCUT2D eigenvalue weighted by Gasteiger charge is 2.13. The van der Waals surface area contributed by atoms with Crippen molar-refractivity contribution >= 4 is 62.4 Å². The summed E-state index contributed by atoms with van der Waals surface area (Å²) >= 11 is 6.26. The molecule has 1 aromatic heterocycles. The topological polar surface area (TPSA) is 43.1 Å². The molecule has 0 spiro atoms. The van der Waals surface area contributed by atoms with Crippen molar-refractivity contribution < 1.29 is 4.79 Å². The summed E-state index contributed by atoms with van der Waals surface area (Å²) in [6.07, 6.45) is 0.945. The van der Waals surface area contributed by atoms with Crippen LogP contribution in [0.3, 0.4) is 0 Å². The van der Waals surface area contributed by atoms with E-state index in [0.29, 0.717) is 5.56 Å². The third kappa shape index (κ3) is 2.79. The molecule has 0 unspecified atom stereocenters. The number of amides is 1. The Kier molecular flexibility index (Phi) is 4.95. The first-order valence-corrected chi connectivity index (χ1v) is 7.64. The Labute approximate surface area is 109 Å². The van der Waals surface area contributed by atoms with Gasteiger partial charge in [-0.3, -0.25) is 4.79 Å². The summed E-state index contributed by atoms with van der Waals surface area (Å²) < 4.78 is 1.99. The second-order valence-electron chi connectivity index (χ2n) is 2.49. The van der Waals surface area contributed by atoms with Crippen LogP contribution in [0, 0.1) is 0 Å². The predicted molar refractivity (Wildman–Crippen MR) is 73.2 cm³/mol. The number of halogens is 2. The van der Waals surface area contributed by atoms with E-state index in [1.54, 1.807) is 11.3 Å². The predicted octanol–water partition coefficient (Wildman–Crippen LogP) is 2.76. The molecule has 0 aliphatic heterocycles. The van der Waals surface area contributed by atoms with Crippen molar-refractivity contribution in [3.8, 4) is 0 Å². The molecule has 1 amide bonds. The second-order valence-corrected chi connectivity index (χ2v) is 5.29. The Morgan fingerprint density at radius 2 is 2.23 bits per heavy atom. The van der Waals surface area contributed by atoms with Crippen LogP contribution in [0.25, 0.3) is 0 Å². The minimum Gasteiger partial charge on any atom is -0.366 e. The van der Waals surface area contributed by atoms with E-state index in [0.717, 1.165) is 20.8 Å². The van der Waals surface area contributed by atoms with Gasteiger partial charge < -0.3 is 5.73 Å². The number of nitrogens with two attached hydrogens (primary N) is 1. The van der Waals surface area contributed by atoms with Gasteiger partial charge >= 0.3 is 0 Å². The summed E-state index contributed by atoms with van der Waals surface area (Å²) in [5.41, 5.74) is 7.15. The van der Waals surface area contributed by atoms with E-state index >= 15 is 0 Å². The standard InChI is InChI=1S/C8H9I2NOS/c9-2-1-5-6(8(11)12)4-13-7(5)3-10/h4H,1-3H2,(H2,11,12). The third-order valence-corrected chi connectivity index (χ3v) is 4.56. The summed E-state index contributed by atoms with van der Waals surface area (Å²) in [5, 5.41) is 1.87. The first kappa shape index (κ1) is 11.7. The average Bonchev–Trinajstić information content (AvgIpc) is 2.48. The smallest absolute Gasteiger partial charge is 0.249 e. The summed E-state index contributed by atoms with van der Waals surface area (Å²) in [5.74, 6) is -0.299. The van der Waals surface area contributed by atoms with Gasteiger partial charge in [0.25, 0.3) is 0 Å². The van der Waals surface area contributed by atoms with Gasteiger partial charge in [-0.1, -0.05) is 45.2 Å². The highest BCUT2D eigenvalue weighted by Crippen LogP contribution is 2.25. The molecule has 0 saturated carbocycles. The van der Waals surface area contributed by atoms with E-state index in [1.165, 1.54) is 4.88 Å². The van der Waals surface area contributed by atoms with Crippen LogP contribution in [0.5, 0.6) is 0 Å². The lowest BCUT2D eigenvalue weighted by Gasteiger charge is -2.00. The van der Waals surface area contributed by atoms with Gasteiger partial charge in [0.15, 0.2) is 0 Å². The molecular weight excluding hydrogens is 412 g/mol. The summed E-state index contributed by atoms with van der Waals surface area (Å²) in [6, 6.07) is 0. The molecule has 0 bridgehead atoms. The summed E-state index contributed by atoms with van der Waals surface area (Å²) in [6.45, 7) is 0. The second kappa shape index (κ2) is 5.50. The lowest BCUT2D eigenvalue weighted by molar-refractivity contribution is 0.1000. The van der Waals surface area contributed by atoms with Crippen LogP contribution in [0.4, 0.5) is 0 Å². The lowest BCUT2D eigenvalue weighted by Crippen LogP contribution is -2.12. The molecule has 0 aliphatic rings. The van der Waals surface area contributed by atoms with Crippen molar-refractivity contribution in [1.82, 2.24) is 0 Å². The van der Waals surface area contributed by atoms with Crippen molar-refractivity contribution in [2.75, 3.05) is 4.43 Å². The Hall–Kier alpha value is 0.630. The van der Waals surface area contributed by atoms with Gasteiger partial charge in [-0.2, -0.15) is 0 Å². The molecule has 0 saturated heterocycles. The molecule has 2 nitrogen and oxygen atoms in total. The number of alkyl halides is 2. The van der Waals surface area contributed by atoms with Crippen LogP contribution in [-0.4, -0.2) is 10.3 Å². The first-order valence-electron chi connectivity index (χ1n) is 3.71. The molecule has 13 heavy (non-hydrogen) atoms. The van der Waals surface area contributed by atoms with Crippen LogP contribution in [0.15, 0.2) is 5.38 Å². The fourth-order valence-electron chi connectivity index (χ4n) is 1.11. The largest absolute Gasteiger partial charge is 0.366 e. The number of carbonyl (C=O) groups excluding carboxylic acids is 1. The Morgan fingerprint density at radius 1 is 1.54 bits per heavy atom. The first-order chi connectivity index (χ1) is 6.20. The highest BCUT2D eigenvalue weighted by molar-refractivity contribution is 14.1. The van der Waals surface area contributed by atoms with E-state index in [-0.39, 0.29) is 5.91 Å². The molecule has 72 valence electrons.